The zero-order valence-corrected chi connectivity index (χ0v) is 37.7. The van der Waals surface area contributed by atoms with Gasteiger partial charge < -0.3 is 72.1 Å². The summed E-state index contributed by atoms with van der Waals surface area (Å²) >= 11 is 0. The van der Waals surface area contributed by atoms with Gasteiger partial charge in [-0.1, -0.05) is 19.4 Å². The molecule has 0 aliphatic heterocycles. The zero-order chi connectivity index (χ0) is 47.3. The fraction of sp³-hybridized carbons (Fsp3) is 0.792. The maximum atomic E-state index is 11.5. The van der Waals surface area contributed by atoms with Gasteiger partial charge in [0, 0.05) is 54.0 Å². The van der Waals surface area contributed by atoms with Gasteiger partial charge in [-0.25, -0.2) is 29.1 Å². The molecule has 0 aromatic heterocycles. The van der Waals surface area contributed by atoms with Gasteiger partial charge >= 0.3 is 50.1 Å². The largest absolute Gasteiger partial charge is 0.588 e. The molecular formula is C24H74N13O19P5+4. The first kappa shape index (κ1) is 75.9. The molecule has 0 spiro atoms. The summed E-state index contributed by atoms with van der Waals surface area (Å²) in [5, 5.41) is 48.4. The summed E-state index contributed by atoms with van der Waals surface area (Å²) in [7, 11) is -18.0. The molecule has 370 valence electrons. The second-order valence-electron chi connectivity index (χ2n) is 11.2. The van der Waals surface area contributed by atoms with Gasteiger partial charge in [0.15, 0.2) is 17.9 Å². The summed E-state index contributed by atoms with van der Waals surface area (Å²) in [5.74, 6) is 1.06. The number of rotatable bonds is 21. The van der Waals surface area contributed by atoms with Crippen molar-refractivity contribution in [3.05, 3.63) is 0 Å². The SMILES string of the molecule is C.C.CC(CCO)C(=[NH2+])[NH3+].CC(CCO)C(=[NH2+])[NH3+].CN(CCOP(=O)(O)O)C(=N)N.CN(CCOP(=O)(O)OP(=O)(O)OCCN(C)C(=N)N)C(=N)N.O.O=[P+]([O-])P(=O)(O)O. The molecule has 0 aromatic carbocycles. The van der Waals surface area contributed by atoms with Crippen LogP contribution in [-0.4, -0.2) is 163 Å². The first-order valence-corrected chi connectivity index (χ1v) is 23.8. The first-order valence-electron chi connectivity index (χ1n) is 15.8. The molecule has 5 atom stereocenters. The van der Waals surface area contributed by atoms with Crippen LogP contribution in [0.25, 0.3) is 0 Å². The van der Waals surface area contributed by atoms with Crippen LogP contribution in [0, 0.1) is 28.1 Å². The van der Waals surface area contributed by atoms with E-state index in [2.05, 4.69) is 29.3 Å². The number of phosphoric acid groups is 3. The summed E-state index contributed by atoms with van der Waals surface area (Å²) in [5.41, 5.74) is 22.4. The number of hydrogen-bond acceptors (Lipinski definition) is 15. The molecule has 0 rings (SSSR count). The molecule has 0 bridgehead atoms. The lowest BCUT2D eigenvalue weighted by molar-refractivity contribution is -0.312. The highest BCUT2D eigenvalue weighted by Gasteiger charge is 2.35. The molecule has 0 fully saturated rings. The van der Waals surface area contributed by atoms with Gasteiger partial charge in [-0.3, -0.25) is 51.1 Å². The Balaban J connectivity index is -0.000000104. The Morgan fingerprint density at radius 1 is 0.689 bits per heavy atom. The molecule has 0 aliphatic carbocycles. The van der Waals surface area contributed by atoms with E-state index in [0.29, 0.717) is 11.7 Å². The lowest BCUT2D eigenvalue weighted by Crippen LogP contribution is -2.72. The molecule has 37 heteroatoms. The van der Waals surface area contributed by atoms with Gasteiger partial charge in [0.2, 0.25) is 0 Å². The van der Waals surface area contributed by atoms with Gasteiger partial charge in [-0.15, -0.1) is 0 Å². The zero-order valence-electron chi connectivity index (χ0n) is 33.3. The van der Waals surface area contributed by atoms with Crippen LogP contribution in [-0.2, 0) is 40.7 Å². The number of likely N-dealkylation sites (N-methyl/N-ethyl adjacent to an activating group) is 3. The van der Waals surface area contributed by atoms with Crippen LogP contribution in [0.2, 0.25) is 0 Å². The maximum Gasteiger partial charge on any atom is 0.561 e. The molecule has 32 nitrogen and oxygen atoms in total. The van der Waals surface area contributed by atoms with Crippen molar-refractivity contribution in [1.82, 2.24) is 14.7 Å². The van der Waals surface area contributed by atoms with E-state index in [9.17, 15) is 37.5 Å². The van der Waals surface area contributed by atoms with Crippen molar-refractivity contribution in [3.8, 4) is 0 Å². The van der Waals surface area contributed by atoms with E-state index in [0.717, 1.165) is 12.8 Å². The van der Waals surface area contributed by atoms with Crippen molar-refractivity contribution in [3.63, 3.8) is 0 Å². The van der Waals surface area contributed by atoms with Crippen LogP contribution in [0.4, 0.5) is 0 Å². The number of quaternary nitrogens is 2. The minimum atomic E-state index is -4.84. The van der Waals surface area contributed by atoms with E-state index in [1.54, 1.807) is 0 Å². The summed E-state index contributed by atoms with van der Waals surface area (Å²) in [6.45, 7) is 3.49. The quantitative estimate of drug-likeness (QED) is 0.0288. The normalized spacial score (nSPS) is 13.4. The first-order chi connectivity index (χ1) is 26.0. The molecule has 0 aromatic rings. The number of nitrogens with two attached hydrogens (primary N) is 5. The molecule has 0 amide bonds. The lowest BCUT2D eigenvalue weighted by Gasteiger charge is -2.20. The van der Waals surface area contributed by atoms with Gasteiger partial charge in [0.05, 0.1) is 31.7 Å². The Morgan fingerprint density at radius 3 is 1.07 bits per heavy atom. The van der Waals surface area contributed by atoms with Crippen molar-refractivity contribution in [2.75, 3.05) is 73.8 Å². The average Bonchev–Trinajstić information content (AvgIpc) is 3.04. The molecule has 0 radical (unpaired) electrons. The van der Waals surface area contributed by atoms with E-state index in [1.165, 1.54) is 35.8 Å². The highest BCUT2D eigenvalue weighted by Crippen LogP contribution is 2.60. The van der Waals surface area contributed by atoms with Crippen LogP contribution in [0.1, 0.15) is 41.5 Å². The lowest BCUT2D eigenvalue weighted by atomic mass is 10.1. The van der Waals surface area contributed by atoms with E-state index in [1.807, 2.05) is 13.8 Å². The number of amidine groups is 2. The maximum absolute atomic E-state index is 11.5. The molecule has 5 unspecified atom stereocenters. The van der Waals surface area contributed by atoms with E-state index >= 15 is 0 Å². The van der Waals surface area contributed by atoms with Crippen molar-refractivity contribution < 1.29 is 113 Å². The number of guanidine groups is 3. The van der Waals surface area contributed by atoms with Gasteiger partial charge in [-0.05, 0) is 26.7 Å². The molecule has 0 saturated carbocycles. The molecule has 61 heavy (non-hydrogen) atoms. The Labute approximate surface area is 355 Å². The van der Waals surface area contributed by atoms with Crippen LogP contribution in [0.5, 0.6) is 0 Å². The Morgan fingerprint density at radius 2 is 0.918 bits per heavy atom. The van der Waals surface area contributed by atoms with Gasteiger partial charge in [-0.2, -0.15) is 4.31 Å². The van der Waals surface area contributed by atoms with Crippen LogP contribution >= 0.6 is 38.5 Å². The van der Waals surface area contributed by atoms with Crippen molar-refractivity contribution >= 4 is 68.0 Å². The van der Waals surface area contributed by atoms with E-state index < -0.39 is 38.5 Å². The van der Waals surface area contributed by atoms with Crippen molar-refractivity contribution in [1.29, 1.82) is 16.2 Å². The highest BCUT2D eigenvalue weighted by molar-refractivity contribution is 8.19. The van der Waals surface area contributed by atoms with E-state index in [4.69, 9.17) is 74.0 Å². The topological polar surface area (TPSA) is 604 Å². The Hall–Kier alpha value is -2.47. The Kier molecular flexibility index (Phi) is 48.7. The standard InChI is InChI=1S/C8H22N6O7P2.2C5H12N2O.C4H12N3O4P.2CH4.H2O5P2.H2O/c1-13(7(9)10)3-5-19-22(15,16)21-23(17,18)20-6-4-14(2)8(11)12;2*1-4(2-3-8)5(6)7;1-7(4(5)6)2-3-11-12(8,9)10;;;1-6(2)7(3,4)5;/h3-6H2,1-2H3,(H3,9,10)(H3,11,12)(H,15,16)(H,17,18);2*4,8H,2-3H2,1H3,(H3,6,7);2-3H2,1H3,(H3,5,6)(H2,8,9,10);2*1H4;(H2,3,4,5);1H2/p+4. The predicted octanol–water partition coefficient (Wildman–Crippen LogP) is -7.75. The molecular weight excluding hydrogens is 929 g/mol. The minimum Gasteiger partial charge on any atom is -0.588 e. The van der Waals surface area contributed by atoms with Gasteiger partial charge in [0.1, 0.15) is 0 Å². The Bertz CT molecular complexity index is 1400. The molecule has 0 aliphatic rings. The van der Waals surface area contributed by atoms with Crippen molar-refractivity contribution in [2.24, 2.45) is 29.0 Å². The fourth-order valence-electron chi connectivity index (χ4n) is 2.18. The monoisotopic (exact) mass is 1000 g/mol. The summed E-state index contributed by atoms with van der Waals surface area (Å²) in [6, 6.07) is 0. The number of aliphatic hydroxyl groups excluding tert-OH is 2. The van der Waals surface area contributed by atoms with Gasteiger partial charge in [0.25, 0.3) is 0 Å². The molecule has 0 heterocycles. The minimum absolute atomic E-state index is 0. The number of hydrogen-bond donors (Lipinski definition) is 18. The second kappa shape index (κ2) is 39.1. The number of aliphatic hydroxyl groups is 2. The smallest absolute Gasteiger partial charge is 0.561 e. The van der Waals surface area contributed by atoms with Crippen LogP contribution < -0.4 is 44.4 Å². The third kappa shape index (κ3) is 55.5. The third-order valence-corrected chi connectivity index (χ3v) is 11.0. The average molecular weight is 1000 g/mol. The third-order valence-electron chi connectivity index (χ3n) is 6.09. The van der Waals surface area contributed by atoms with Crippen LogP contribution in [0.3, 0.4) is 0 Å². The summed E-state index contributed by atoms with van der Waals surface area (Å²) in [6.07, 6.45) is 1.44. The van der Waals surface area contributed by atoms with E-state index in [-0.39, 0.29) is 103 Å². The number of nitrogens with one attached hydrogen (secondary N) is 3. The molecule has 29 N–H and O–H groups in total. The number of phosphoric ester groups is 3. The number of nitrogens with zero attached hydrogens (tertiary/aromatic N) is 3. The summed E-state index contributed by atoms with van der Waals surface area (Å²) in [4.78, 5) is 63.4. The molecule has 0 saturated heterocycles. The van der Waals surface area contributed by atoms with Crippen LogP contribution in [0.15, 0.2) is 0 Å². The summed E-state index contributed by atoms with van der Waals surface area (Å²) < 4.78 is 69.1. The van der Waals surface area contributed by atoms with Crippen molar-refractivity contribution in [2.45, 2.75) is 41.5 Å². The second-order valence-corrected chi connectivity index (χ2v) is 19.5. The fourth-order valence-corrected chi connectivity index (χ4v) is 4.54. The highest BCUT2D eigenvalue weighted by atomic mass is 32.1. The predicted molar refractivity (Wildman–Crippen MR) is 222 cm³/mol.